The van der Waals surface area contributed by atoms with Crippen molar-refractivity contribution in [2.75, 3.05) is 0 Å². The van der Waals surface area contributed by atoms with Crippen LogP contribution in [0.2, 0.25) is 0 Å². The molecule has 272 valence electrons. The summed E-state index contributed by atoms with van der Waals surface area (Å²) in [6.45, 7) is 0. The third-order valence-electron chi connectivity index (χ3n) is 11.6. The highest BCUT2D eigenvalue weighted by Crippen LogP contribution is 2.39. The second kappa shape index (κ2) is 14.2. The van der Waals surface area contributed by atoms with Gasteiger partial charge in [0, 0.05) is 34.5 Å². The van der Waals surface area contributed by atoms with Crippen molar-refractivity contribution in [2.24, 2.45) is 0 Å². The molecule has 0 unspecified atom stereocenters. The average molecular weight is 740 g/mol. The lowest BCUT2D eigenvalue weighted by Gasteiger charge is -2.17. The predicted octanol–water partition coefficient (Wildman–Crippen LogP) is 14.4. The van der Waals surface area contributed by atoms with Crippen LogP contribution in [0.3, 0.4) is 0 Å². The van der Waals surface area contributed by atoms with Gasteiger partial charge in [0.15, 0.2) is 5.82 Å². The quantitative estimate of drug-likeness (QED) is 0.159. The van der Waals surface area contributed by atoms with Crippen molar-refractivity contribution in [3.63, 3.8) is 0 Å². The molecule has 0 amide bonds. The number of hydrogen-bond donors (Lipinski definition) is 0. The third-order valence-corrected chi connectivity index (χ3v) is 11.6. The number of benzene rings is 8. The van der Waals surface area contributed by atoms with Crippen LogP contribution in [-0.2, 0) is 0 Å². The van der Waals surface area contributed by atoms with Gasteiger partial charge in [-0.25, -0.2) is 9.97 Å². The summed E-state index contributed by atoms with van der Waals surface area (Å²) in [6.07, 6.45) is 10.5. The van der Waals surface area contributed by atoms with Crippen molar-refractivity contribution < 1.29 is 0 Å². The van der Waals surface area contributed by atoms with E-state index in [1.807, 2.05) is 12.4 Å². The molecule has 0 saturated heterocycles. The van der Waals surface area contributed by atoms with Crippen LogP contribution in [-0.4, -0.2) is 15.0 Å². The molecule has 3 heteroatoms. The molecule has 10 aromatic rings. The van der Waals surface area contributed by atoms with Gasteiger partial charge >= 0.3 is 0 Å². The van der Waals surface area contributed by atoms with Crippen molar-refractivity contribution in [3.8, 4) is 44.9 Å². The number of hydrogen-bond acceptors (Lipinski definition) is 3. The first-order valence-electron chi connectivity index (χ1n) is 20.0. The first kappa shape index (κ1) is 33.8. The van der Waals surface area contributed by atoms with E-state index in [2.05, 4.69) is 193 Å². The summed E-state index contributed by atoms with van der Waals surface area (Å²) in [5.41, 5.74) is 12.1. The van der Waals surface area contributed by atoms with E-state index in [0.29, 0.717) is 5.82 Å². The van der Waals surface area contributed by atoms with Crippen LogP contribution in [0.4, 0.5) is 0 Å². The summed E-state index contributed by atoms with van der Waals surface area (Å²) in [6, 6.07) is 63.0. The Labute approximate surface area is 337 Å². The molecule has 3 nitrogen and oxygen atoms in total. The predicted molar refractivity (Wildman–Crippen MR) is 243 cm³/mol. The molecular formula is C55H37N3. The summed E-state index contributed by atoms with van der Waals surface area (Å²) in [5.74, 6) is 0.702. The zero-order chi connectivity index (χ0) is 38.4. The fraction of sp³-hybridized carbons (Fsp3) is 0.0364. The summed E-state index contributed by atoms with van der Waals surface area (Å²) in [7, 11) is 0. The van der Waals surface area contributed by atoms with Crippen LogP contribution in [0.15, 0.2) is 200 Å². The van der Waals surface area contributed by atoms with Crippen molar-refractivity contribution >= 4 is 54.2 Å². The first-order valence-corrected chi connectivity index (χ1v) is 20.0. The summed E-state index contributed by atoms with van der Waals surface area (Å²) in [4.78, 5) is 15.2. The van der Waals surface area contributed by atoms with E-state index in [1.54, 1.807) is 0 Å². The van der Waals surface area contributed by atoms with Crippen molar-refractivity contribution in [2.45, 2.75) is 12.8 Å². The van der Waals surface area contributed by atoms with Gasteiger partial charge < -0.3 is 0 Å². The third kappa shape index (κ3) is 6.05. The van der Waals surface area contributed by atoms with Gasteiger partial charge in [0.1, 0.15) is 0 Å². The molecule has 0 radical (unpaired) electrons. The summed E-state index contributed by atoms with van der Waals surface area (Å²) >= 11 is 0. The maximum atomic E-state index is 5.36. The lowest BCUT2D eigenvalue weighted by molar-refractivity contribution is 1.05. The number of pyridine rings is 1. The van der Waals surface area contributed by atoms with E-state index in [0.717, 1.165) is 63.0 Å². The molecule has 0 bridgehead atoms. The minimum Gasteiger partial charge on any atom is -0.263 e. The number of nitrogens with zero attached hydrogens (tertiary/aromatic N) is 3. The molecule has 0 saturated carbocycles. The molecule has 2 aromatic heterocycles. The SMILES string of the molecule is C1=C(c2cc(-c3ccc(-c4cncc5ccccc45)cc3)nc(-c3cccc(-c4cc5ccccc5c5ccccc45)c3)n2)C=C(c2cccc3ccccc23)CC1. The topological polar surface area (TPSA) is 38.7 Å². The van der Waals surface area contributed by atoms with E-state index in [4.69, 9.17) is 9.97 Å². The molecule has 11 rings (SSSR count). The minimum absolute atomic E-state index is 0.702. The van der Waals surface area contributed by atoms with Gasteiger partial charge in [0.25, 0.3) is 0 Å². The number of rotatable bonds is 6. The molecule has 1 aliphatic rings. The van der Waals surface area contributed by atoms with Crippen molar-refractivity contribution in [1.29, 1.82) is 0 Å². The second-order valence-electron chi connectivity index (χ2n) is 15.1. The zero-order valence-corrected chi connectivity index (χ0v) is 31.8. The monoisotopic (exact) mass is 739 g/mol. The molecule has 1 aliphatic carbocycles. The maximum Gasteiger partial charge on any atom is 0.160 e. The molecule has 58 heavy (non-hydrogen) atoms. The average Bonchev–Trinajstić information content (AvgIpc) is 3.31. The van der Waals surface area contributed by atoms with E-state index >= 15 is 0 Å². The minimum atomic E-state index is 0.702. The van der Waals surface area contributed by atoms with E-state index in [-0.39, 0.29) is 0 Å². The Morgan fingerprint density at radius 3 is 1.86 bits per heavy atom. The Kier molecular flexibility index (Phi) is 8.29. The van der Waals surface area contributed by atoms with Gasteiger partial charge in [0.05, 0.1) is 11.4 Å². The Morgan fingerprint density at radius 2 is 1.02 bits per heavy atom. The largest absolute Gasteiger partial charge is 0.263 e. The molecule has 0 aliphatic heterocycles. The maximum absolute atomic E-state index is 5.36. The lowest BCUT2D eigenvalue weighted by atomic mass is 9.89. The molecular weight excluding hydrogens is 703 g/mol. The summed E-state index contributed by atoms with van der Waals surface area (Å²) in [5, 5.41) is 9.82. The van der Waals surface area contributed by atoms with E-state index in [9.17, 15) is 0 Å². The van der Waals surface area contributed by atoms with Gasteiger partial charge in [-0.15, -0.1) is 0 Å². The Hall–Kier alpha value is -7.49. The molecule has 0 fully saturated rings. The molecule has 8 aromatic carbocycles. The van der Waals surface area contributed by atoms with Crippen molar-refractivity contribution in [1.82, 2.24) is 15.0 Å². The van der Waals surface area contributed by atoms with Gasteiger partial charge in [-0.1, -0.05) is 164 Å². The van der Waals surface area contributed by atoms with E-state index < -0.39 is 0 Å². The fourth-order valence-electron chi connectivity index (χ4n) is 8.76. The number of allylic oxidation sites excluding steroid dienone is 4. The van der Waals surface area contributed by atoms with Crippen molar-refractivity contribution in [3.05, 3.63) is 212 Å². The standard InChI is InChI=1S/C55H37N3/c1-4-20-45-36(12-1)15-11-25-46(45)39-16-9-18-42(30-39)54-33-53(38-28-26-37(27-29-38)52-35-56-34-44-14-3-6-22-48(44)52)57-55(58-54)43-19-10-17-40(31-43)51-32-41-13-2-5-21-47(41)49-23-7-8-24-50(49)51/h1-8,10-15,17-35H,9,16H2. The smallest absolute Gasteiger partial charge is 0.160 e. The second-order valence-corrected chi connectivity index (χ2v) is 15.1. The normalized spacial score (nSPS) is 12.9. The van der Waals surface area contributed by atoms with Crippen LogP contribution in [0.5, 0.6) is 0 Å². The highest BCUT2D eigenvalue weighted by atomic mass is 14.9. The Morgan fingerprint density at radius 1 is 0.379 bits per heavy atom. The Bertz CT molecular complexity index is 3270. The lowest BCUT2D eigenvalue weighted by Crippen LogP contribution is -2.00. The van der Waals surface area contributed by atoms with Crippen LogP contribution in [0, 0.1) is 0 Å². The molecule has 0 atom stereocenters. The van der Waals surface area contributed by atoms with E-state index in [1.165, 1.54) is 54.4 Å². The number of fused-ring (bicyclic) bond motifs is 5. The molecule has 0 spiro atoms. The van der Waals surface area contributed by atoms with Gasteiger partial charge in [0.2, 0.25) is 0 Å². The van der Waals surface area contributed by atoms with Crippen LogP contribution >= 0.6 is 0 Å². The first-order chi connectivity index (χ1) is 28.7. The highest BCUT2D eigenvalue weighted by molar-refractivity contribution is 6.14. The van der Waals surface area contributed by atoms with Gasteiger partial charge in [-0.05, 0) is 108 Å². The molecule has 0 N–H and O–H groups in total. The fourth-order valence-corrected chi connectivity index (χ4v) is 8.76. The zero-order valence-electron chi connectivity index (χ0n) is 31.8. The Balaban J connectivity index is 1.05. The van der Waals surface area contributed by atoms with Gasteiger partial charge in [-0.2, -0.15) is 0 Å². The van der Waals surface area contributed by atoms with Gasteiger partial charge in [-0.3, -0.25) is 4.98 Å². The van der Waals surface area contributed by atoms with Crippen LogP contribution in [0.25, 0.3) is 99.1 Å². The number of aromatic nitrogens is 3. The highest BCUT2D eigenvalue weighted by Gasteiger charge is 2.17. The summed E-state index contributed by atoms with van der Waals surface area (Å²) < 4.78 is 0. The van der Waals surface area contributed by atoms with Crippen LogP contribution in [0.1, 0.15) is 24.1 Å². The molecule has 2 heterocycles. The van der Waals surface area contributed by atoms with Crippen LogP contribution < -0.4 is 0 Å².